The summed E-state index contributed by atoms with van der Waals surface area (Å²) in [6, 6.07) is -2.86. The summed E-state index contributed by atoms with van der Waals surface area (Å²) in [6.45, 7) is -0.488. The standard InChI is InChI=1S/C17H29N3O12/c1-6(15(28)19-7(14(18)27)2-3-10(24)25)31-13-11(20-16(29)8(23)4-21)17(30)32-9(5-22)12(13)26/h6-9,11-13,17,21-23,26,30H,2-5H2,1H3,(H2,18,27)(H,19,28)(H,20,29)(H,24,25)/t6?,7?,8?,9-,11-,12-,13-,17?/m1/s1. The third kappa shape index (κ3) is 7.63. The van der Waals surface area contributed by atoms with Gasteiger partial charge in [-0.1, -0.05) is 0 Å². The fourth-order valence-corrected chi connectivity index (χ4v) is 2.88. The molecule has 1 rings (SSSR count). The number of carbonyl (C=O) groups excluding carboxylic acids is 3. The van der Waals surface area contributed by atoms with Gasteiger partial charge in [0.05, 0.1) is 13.2 Å². The Morgan fingerprint density at radius 2 is 1.78 bits per heavy atom. The van der Waals surface area contributed by atoms with Crippen LogP contribution >= 0.6 is 0 Å². The van der Waals surface area contributed by atoms with Gasteiger partial charge < -0.3 is 56.5 Å². The van der Waals surface area contributed by atoms with E-state index in [2.05, 4.69) is 10.6 Å². The van der Waals surface area contributed by atoms with E-state index in [0.717, 1.165) is 0 Å². The first-order chi connectivity index (χ1) is 14.9. The highest BCUT2D eigenvalue weighted by atomic mass is 16.6. The number of amides is 3. The van der Waals surface area contributed by atoms with E-state index in [1.165, 1.54) is 6.92 Å². The Bertz CT molecular complexity index is 677. The largest absolute Gasteiger partial charge is 0.481 e. The normalized spacial score (nSPS) is 28.2. The second-order valence-corrected chi connectivity index (χ2v) is 7.11. The summed E-state index contributed by atoms with van der Waals surface area (Å²) < 4.78 is 10.5. The summed E-state index contributed by atoms with van der Waals surface area (Å²) in [6.07, 6.45) is -10.4. The lowest BCUT2D eigenvalue weighted by molar-refractivity contribution is -0.266. The zero-order valence-electron chi connectivity index (χ0n) is 17.2. The first kappa shape index (κ1) is 27.6. The first-order valence-electron chi connectivity index (χ1n) is 9.61. The van der Waals surface area contributed by atoms with Crippen LogP contribution in [0.15, 0.2) is 0 Å². The summed E-state index contributed by atoms with van der Waals surface area (Å²) in [5, 5.41) is 61.3. The van der Waals surface area contributed by atoms with Crippen molar-refractivity contribution < 1.29 is 59.3 Å². The van der Waals surface area contributed by atoms with E-state index in [4.69, 9.17) is 25.4 Å². The minimum atomic E-state index is -1.86. The molecule has 4 unspecified atom stereocenters. The summed E-state index contributed by atoms with van der Waals surface area (Å²) >= 11 is 0. The monoisotopic (exact) mass is 467 g/mol. The van der Waals surface area contributed by atoms with Crippen molar-refractivity contribution >= 4 is 23.7 Å². The zero-order chi connectivity index (χ0) is 24.6. The molecule has 32 heavy (non-hydrogen) atoms. The van der Waals surface area contributed by atoms with E-state index in [0.29, 0.717) is 0 Å². The Labute approximate surface area is 182 Å². The van der Waals surface area contributed by atoms with Gasteiger partial charge in [-0.3, -0.25) is 19.2 Å². The van der Waals surface area contributed by atoms with Gasteiger partial charge in [0, 0.05) is 6.42 Å². The molecule has 1 heterocycles. The minimum absolute atomic E-state index is 0.286. The van der Waals surface area contributed by atoms with Crippen LogP contribution in [-0.2, 0) is 28.7 Å². The lowest BCUT2D eigenvalue weighted by Gasteiger charge is -2.43. The number of aliphatic hydroxyl groups is 5. The van der Waals surface area contributed by atoms with Crippen LogP contribution in [0.2, 0.25) is 0 Å². The number of aliphatic carboxylic acids is 1. The van der Waals surface area contributed by atoms with E-state index in [1.54, 1.807) is 0 Å². The van der Waals surface area contributed by atoms with E-state index in [9.17, 15) is 39.6 Å². The maximum Gasteiger partial charge on any atom is 0.303 e. The van der Waals surface area contributed by atoms with Crippen LogP contribution in [0.1, 0.15) is 19.8 Å². The predicted molar refractivity (Wildman–Crippen MR) is 101 cm³/mol. The predicted octanol–water partition coefficient (Wildman–Crippen LogP) is -5.50. The molecule has 15 nitrogen and oxygen atoms in total. The first-order valence-corrected chi connectivity index (χ1v) is 9.61. The van der Waals surface area contributed by atoms with Crippen molar-refractivity contribution in [1.82, 2.24) is 10.6 Å². The highest BCUT2D eigenvalue weighted by molar-refractivity contribution is 5.88. The van der Waals surface area contributed by atoms with Crippen LogP contribution in [-0.4, -0.2) is 116 Å². The number of carbonyl (C=O) groups is 4. The van der Waals surface area contributed by atoms with Gasteiger partial charge in [-0.2, -0.15) is 0 Å². The van der Waals surface area contributed by atoms with Gasteiger partial charge in [0.1, 0.15) is 36.5 Å². The minimum Gasteiger partial charge on any atom is -0.481 e. The fourth-order valence-electron chi connectivity index (χ4n) is 2.88. The average molecular weight is 467 g/mol. The van der Waals surface area contributed by atoms with Crippen molar-refractivity contribution in [1.29, 1.82) is 0 Å². The number of primary amides is 1. The number of rotatable bonds is 12. The number of carboxylic acids is 1. The third-order valence-electron chi connectivity index (χ3n) is 4.69. The quantitative estimate of drug-likeness (QED) is 0.130. The lowest BCUT2D eigenvalue weighted by Crippen LogP contribution is -2.66. The molecule has 1 saturated heterocycles. The van der Waals surface area contributed by atoms with Gasteiger partial charge in [-0.25, -0.2) is 0 Å². The van der Waals surface area contributed by atoms with Crippen LogP contribution in [0.3, 0.4) is 0 Å². The summed E-state index contributed by atoms with van der Waals surface area (Å²) in [7, 11) is 0. The molecule has 0 spiro atoms. The molecule has 0 aromatic heterocycles. The van der Waals surface area contributed by atoms with Crippen LogP contribution < -0.4 is 16.4 Å². The molecule has 3 amide bonds. The molecule has 0 bridgehead atoms. The van der Waals surface area contributed by atoms with E-state index in [-0.39, 0.29) is 6.42 Å². The van der Waals surface area contributed by atoms with Gasteiger partial charge in [-0.15, -0.1) is 0 Å². The second-order valence-electron chi connectivity index (χ2n) is 7.11. The highest BCUT2D eigenvalue weighted by Gasteiger charge is 2.47. The smallest absolute Gasteiger partial charge is 0.303 e. The van der Waals surface area contributed by atoms with Gasteiger partial charge in [0.25, 0.3) is 5.91 Å². The van der Waals surface area contributed by atoms with E-state index >= 15 is 0 Å². The van der Waals surface area contributed by atoms with E-state index in [1.807, 2.05) is 0 Å². The summed E-state index contributed by atoms with van der Waals surface area (Å²) in [5.74, 6) is -4.26. The SMILES string of the molecule is CC(O[C@H]1[C@H](O)[C@@H](CO)OC(O)[C@@H]1NC(=O)C(O)CO)C(=O)NC(CCC(=O)O)C(N)=O. The molecule has 0 aromatic rings. The summed E-state index contributed by atoms with van der Waals surface area (Å²) in [4.78, 5) is 46.5. The van der Waals surface area contributed by atoms with Crippen LogP contribution in [0.5, 0.6) is 0 Å². The molecule has 10 N–H and O–H groups in total. The molecule has 15 heteroatoms. The number of hydrogen-bond donors (Lipinski definition) is 9. The molecule has 1 aliphatic heterocycles. The van der Waals surface area contributed by atoms with Crippen molar-refractivity contribution in [2.45, 2.75) is 68.7 Å². The molecule has 0 saturated carbocycles. The molecule has 0 radical (unpaired) electrons. The second kappa shape index (κ2) is 12.6. The van der Waals surface area contributed by atoms with Crippen molar-refractivity contribution in [3.63, 3.8) is 0 Å². The Kier molecular flexibility index (Phi) is 10.9. The molecule has 1 fully saturated rings. The zero-order valence-corrected chi connectivity index (χ0v) is 17.2. The van der Waals surface area contributed by atoms with Crippen molar-refractivity contribution in [2.75, 3.05) is 13.2 Å². The molecule has 1 aliphatic rings. The van der Waals surface area contributed by atoms with Crippen molar-refractivity contribution in [3.8, 4) is 0 Å². The van der Waals surface area contributed by atoms with Crippen LogP contribution in [0.4, 0.5) is 0 Å². The van der Waals surface area contributed by atoms with Gasteiger partial charge in [-0.05, 0) is 13.3 Å². The van der Waals surface area contributed by atoms with Gasteiger partial charge in [0.15, 0.2) is 12.4 Å². The van der Waals surface area contributed by atoms with Gasteiger partial charge in [0.2, 0.25) is 11.8 Å². The molecule has 184 valence electrons. The lowest BCUT2D eigenvalue weighted by atomic mass is 9.96. The summed E-state index contributed by atoms with van der Waals surface area (Å²) in [5.41, 5.74) is 5.15. The number of nitrogens with one attached hydrogen (secondary N) is 2. The Balaban J connectivity index is 2.96. The average Bonchev–Trinajstić information content (AvgIpc) is 2.74. The topological polar surface area (TPSA) is 258 Å². The van der Waals surface area contributed by atoms with Crippen molar-refractivity contribution in [2.24, 2.45) is 5.73 Å². The third-order valence-corrected chi connectivity index (χ3v) is 4.69. The molecule has 0 aliphatic carbocycles. The molecular weight excluding hydrogens is 438 g/mol. The highest BCUT2D eigenvalue weighted by Crippen LogP contribution is 2.24. The molecule has 0 aromatic carbocycles. The maximum atomic E-state index is 12.4. The Hall–Kier alpha value is -2.40. The fraction of sp³-hybridized carbons (Fsp3) is 0.765. The van der Waals surface area contributed by atoms with Crippen LogP contribution in [0.25, 0.3) is 0 Å². The van der Waals surface area contributed by atoms with Crippen molar-refractivity contribution in [3.05, 3.63) is 0 Å². The van der Waals surface area contributed by atoms with Crippen LogP contribution in [0, 0.1) is 0 Å². The Morgan fingerprint density at radius 3 is 2.28 bits per heavy atom. The number of aliphatic hydroxyl groups excluding tert-OH is 5. The Morgan fingerprint density at radius 1 is 1.16 bits per heavy atom. The van der Waals surface area contributed by atoms with E-state index < -0.39 is 92.2 Å². The number of nitrogens with two attached hydrogens (primary N) is 1. The molecule has 8 atom stereocenters. The van der Waals surface area contributed by atoms with Gasteiger partial charge >= 0.3 is 5.97 Å². The molecular formula is C17H29N3O12. The number of carboxylic acid groups (broad SMARTS) is 1. The maximum absolute atomic E-state index is 12.4. The number of ether oxygens (including phenoxy) is 2. The number of hydrogen-bond acceptors (Lipinski definition) is 11.